The monoisotopic (exact) mass is 268 g/mol. The Morgan fingerprint density at radius 2 is 2.32 bits per heavy atom. The summed E-state index contributed by atoms with van der Waals surface area (Å²) in [5.41, 5.74) is 4.74. The SMILES string of the molecule is CCCNCCOc1ncc([N+](=O)[O-])cc1C(N)=O. The topological polar surface area (TPSA) is 120 Å². The molecule has 1 rings (SSSR count). The molecule has 8 heteroatoms. The molecule has 19 heavy (non-hydrogen) atoms. The molecule has 0 fully saturated rings. The number of hydrogen-bond donors (Lipinski definition) is 2. The highest BCUT2D eigenvalue weighted by atomic mass is 16.6. The van der Waals surface area contributed by atoms with Gasteiger partial charge in [0.1, 0.15) is 18.4 Å². The van der Waals surface area contributed by atoms with Crippen LogP contribution in [0.1, 0.15) is 23.7 Å². The van der Waals surface area contributed by atoms with Gasteiger partial charge >= 0.3 is 0 Å². The molecule has 1 aromatic heterocycles. The molecule has 1 heterocycles. The van der Waals surface area contributed by atoms with E-state index in [9.17, 15) is 14.9 Å². The van der Waals surface area contributed by atoms with Gasteiger partial charge in [0, 0.05) is 12.6 Å². The van der Waals surface area contributed by atoms with Crippen LogP contribution in [0.15, 0.2) is 12.3 Å². The van der Waals surface area contributed by atoms with Crippen molar-refractivity contribution >= 4 is 11.6 Å². The first-order valence-electron chi connectivity index (χ1n) is 5.84. The minimum absolute atomic E-state index is 0.0106. The predicted octanol–water partition coefficient (Wildman–Crippen LogP) is 0.467. The zero-order valence-corrected chi connectivity index (χ0v) is 10.6. The Kier molecular flexibility index (Phi) is 5.68. The number of nitrogens with zero attached hydrogens (tertiary/aromatic N) is 2. The molecular weight excluding hydrogens is 252 g/mol. The molecule has 0 bridgehead atoms. The first-order valence-corrected chi connectivity index (χ1v) is 5.84. The first-order chi connectivity index (χ1) is 9.06. The molecule has 0 aromatic carbocycles. The molecule has 0 unspecified atom stereocenters. The van der Waals surface area contributed by atoms with Crippen LogP contribution in [0.2, 0.25) is 0 Å². The lowest BCUT2D eigenvalue weighted by molar-refractivity contribution is -0.385. The number of rotatable bonds is 8. The molecule has 3 N–H and O–H groups in total. The smallest absolute Gasteiger partial charge is 0.288 e. The van der Waals surface area contributed by atoms with E-state index in [0.717, 1.165) is 25.2 Å². The largest absolute Gasteiger partial charge is 0.476 e. The van der Waals surface area contributed by atoms with Gasteiger partial charge in [-0.25, -0.2) is 4.98 Å². The molecule has 0 saturated heterocycles. The molecule has 0 aliphatic rings. The minimum atomic E-state index is -0.812. The standard InChI is InChI=1S/C11H16N4O4/c1-2-3-13-4-5-19-11-9(10(12)16)6-8(7-14-11)15(17)18/h6-7,13H,2-5H2,1H3,(H2,12,16). The van der Waals surface area contributed by atoms with E-state index in [1.807, 2.05) is 6.92 Å². The van der Waals surface area contributed by atoms with E-state index in [1.165, 1.54) is 0 Å². The van der Waals surface area contributed by atoms with Gasteiger partial charge in [-0.05, 0) is 13.0 Å². The van der Waals surface area contributed by atoms with Crippen molar-refractivity contribution in [3.8, 4) is 5.88 Å². The van der Waals surface area contributed by atoms with Crippen molar-refractivity contribution in [2.45, 2.75) is 13.3 Å². The van der Waals surface area contributed by atoms with Crippen LogP contribution in [0.4, 0.5) is 5.69 Å². The second-order valence-corrected chi connectivity index (χ2v) is 3.77. The third kappa shape index (κ3) is 4.51. The molecule has 0 aliphatic carbocycles. The fourth-order valence-electron chi connectivity index (χ4n) is 1.35. The summed E-state index contributed by atoms with van der Waals surface area (Å²) in [5, 5.41) is 13.7. The Balaban J connectivity index is 2.71. The molecule has 1 amide bonds. The van der Waals surface area contributed by atoms with Crippen molar-refractivity contribution < 1.29 is 14.5 Å². The molecule has 0 spiro atoms. The van der Waals surface area contributed by atoms with Crippen molar-refractivity contribution in [1.82, 2.24) is 10.3 Å². The number of carbonyl (C=O) groups is 1. The number of nitrogens with one attached hydrogen (secondary N) is 1. The number of nitrogens with two attached hydrogens (primary N) is 1. The highest BCUT2D eigenvalue weighted by Gasteiger charge is 2.17. The van der Waals surface area contributed by atoms with E-state index in [2.05, 4.69) is 10.3 Å². The van der Waals surface area contributed by atoms with Gasteiger partial charge in [0.25, 0.3) is 11.6 Å². The Morgan fingerprint density at radius 1 is 1.58 bits per heavy atom. The number of primary amides is 1. The van der Waals surface area contributed by atoms with E-state index in [-0.39, 0.29) is 17.1 Å². The van der Waals surface area contributed by atoms with Gasteiger partial charge in [-0.2, -0.15) is 0 Å². The van der Waals surface area contributed by atoms with Gasteiger partial charge in [0.15, 0.2) is 0 Å². The summed E-state index contributed by atoms with van der Waals surface area (Å²) in [7, 11) is 0. The summed E-state index contributed by atoms with van der Waals surface area (Å²) in [6, 6.07) is 1.06. The number of carbonyl (C=O) groups excluding carboxylic acids is 1. The predicted molar refractivity (Wildman–Crippen MR) is 68.1 cm³/mol. The van der Waals surface area contributed by atoms with Crippen LogP contribution in [-0.2, 0) is 0 Å². The van der Waals surface area contributed by atoms with E-state index >= 15 is 0 Å². The quantitative estimate of drug-likeness (QED) is 0.401. The highest BCUT2D eigenvalue weighted by Crippen LogP contribution is 2.20. The summed E-state index contributed by atoms with van der Waals surface area (Å²) >= 11 is 0. The molecule has 1 aromatic rings. The second kappa shape index (κ2) is 7.27. The molecule has 0 atom stereocenters. The van der Waals surface area contributed by atoms with Gasteiger partial charge in [0.05, 0.1) is 4.92 Å². The lowest BCUT2D eigenvalue weighted by atomic mass is 10.2. The summed E-state index contributed by atoms with van der Waals surface area (Å²) in [6.45, 7) is 3.78. The van der Waals surface area contributed by atoms with E-state index in [0.29, 0.717) is 13.2 Å². The van der Waals surface area contributed by atoms with Gasteiger partial charge in [-0.3, -0.25) is 14.9 Å². The van der Waals surface area contributed by atoms with Crippen molar-refractivity contribution in [2.75, 3.05) is 19.7 Å². The summed E-state index contributed by atoms with van der Waals surface area (Å²) in [4.78, 5) is 24.9. The molecule has 0 radical (unpaired) electrons. The Morgan fingerprint density at radius 3 is 2.89 bits per heavy atom. The summed E-state index contributed by atoms with van der Waals surface area (Å²) < 4.78 is 5.28. The third-order valence-corrected chi connectivity index (χ3v) is 2.26. The van der Waals surface area contributed by atoms with Crippen molar-refractivity contribution in [2.24, 2.45) is 5.73 Å². The van der Waals surface area contributed by atoms with Crippen LogP contribution in [0.25, 0.3) is 0 Å². The first kappa shape index (κ1) is 14.8. The average Bonchev–Trinajstić information content (AvgIpc) is 2.38. The number of pyridine rings is 1. The van der Waals surface area contributed by atoms with Crippen molar-refractivity contribution in [3.63, 3.8) is 0 Å². The second-order valence-electron chi connectivity index (χ2n) is 3.77. The zero-order chi connectivity index (χ0) is 14.3. The lowest BCUT2D eigenvalue weighted by Crippen LogP contribution is -2.23. The van der Waals surface area contributed by atoms with Gasteiger partial charge in [-0.15, -0.1) is 0 Å². The van der Waals surface area contributed by atoms with Gasteiger partial charge in [0.2, 0.25) is 5.88 Å². The van der Waals surface area contributed by atoms with Crippen molar-refractivity contribution in [3.05, 3.63) is 27.9 Å². The van der Waals surface area contributed by atoms with E-state index in [4.69, 9.17) is 10.5 Å². The maximum Gasteiger partial charge on any atom is 0.288 e. The lowest BCUT2D eigenvalue weighted by Gasteiger charge is -2.08. The summed E-state index contributed by atoms with van der Waals surface area (Å²) in [5.74, 6) is -0.802. The van der Waals surface area contributed by atoms with Gasteiger partial charge in [-0.1, -0.05) is 6.92 Å². The number of amides is 1. The molecular formula is C11H16N4O4. The maximum atomic E-state index is 11.2. The third-order valence-electron chi connectivity index (χ3n) is 2.26. The van der Waals surface area contributed by atoms with E-state index < -0.39 is 10.8 Å². The minimum Gasteiger partial charge on any atom is -0.476 e. The van der Waals surface area contributed by atoms with Crippen molar-refractivity contribution in [1.29, 1.82) is 0 Å². The summed E-state index contributed by atoms with van der Waals surface area (Å²) in [6.07, 6.45) is 2.03. The normalized spacial score (nSPS) is 10.2. The molecule has 0 saturated carbocycles. The number of aromatic nitrogens is 1. The Labute approximate surface area is 110 Å². The number of hydrogen-bond acceptors (Lipinski definition) is 6. The molecule has 8 nitrogen and oxygen atoms in total. The van der Waals surface area contributed by atoms with Crippen LogP contribution < -0.4 is 15.8 Å². The van der Waals surface area contributed by atoms with Crippen LogP contribution in [-0.4, -0.2) is 35.5 Å². The van der Waals surface area contributed by atoms with E-state index in [1.54, 1.807) is 0 Å². The van der Waals surface area contributed by atoms with Crippen LogP contribution in [0.5, 0.6) is 5.88 Å². The van der Waals surface area contributed by atoms with Crippen LogP contribution in [0, 0.1) is 10.1 Å². The highest BCUT2D eigenvalue weighted by molar-refractivity contribution is 5.95. The fraction of sp³-hybridized carbons (Fsp3) is 0.455. The van der Waals surface area contributed by atoms with Crippen LogP contribution in [0.3, 0.4) is 0 Å². The van der Waals surface area contributed by atoms with Gasteiger partial charge < -0.3 is 15.8 Å². The number of ether oxygens (including phenoxy) is 1. The van der Waals surface area contributed by atoms with Crippen LogP contribution >= 0.6 is 0 Å². The number of nitro groups is 1. The maximum absolute atomic E-state index is 11.2. The fourth-order valence-corrected chi connectivity index (χ4v) is 1.35. The molecule has 0 aliphatic heterocycles. The Hall–Kier alpha value is -2.22. The average molecular weight is 268 g/mol. The zero-order valence-electron chi connectivity index (χ0n) is 10.6. The molecule has 104 valence electrons. The Bertz CT molecular complexity index is 464.